The fourth-order valence-corrected chi connectivity index (χ4v) is 6.47. The lowest BCUT2D eigenvalue weighted by molar-refractivity contribution is -0.138. The number of nitrogens with zero attached hydrogens (tertiary/aromatic N) is 1. The van der Waals surface area contributed by atoms with Crippen molar-refractivity contribution in [3.05, 3.63) is 79.6 Å². The van der Waals surface area contributed by atoms with Crippen molar-refractivity contribution >= 4 is 45.1 Å². The van der Waals surface area contributed by atoms with Crippen LogP contribution in [0.1, 0.15) is 62.5 Å². The summed E-state index contributed by atoms with van der Waals surface area (Å²) in [6.45, 7) is 2.30. The van der Waals surface area contributed by atoms with Gasteiger partial charge in [-0.05, 0) is 83.9 Å². The number of carbonyl (C=O) groups is 3. The van der Waals surface area contributed by atoms with Gasteiger partial charge >= 0.3 is 5.97 Å². The van der Waals surface area contributed by atoms with E-state index in [4.69, 9.17) is 21.1 Å². The van der Waals surface area contributed by atoms with Crippen molar-refractivity contribution in [2.75, 3.05) is 13.2 Å². The molecule has 7 nitrogen and oxygen atoms in total. The number of ether oxygens (including phenoxy) is 2. The zero-order chi connectivity index (χ0) is 27.7. The molecular formula is C30H29BrClNO6. The van der Waals surface area contributed by atoms with Gasteiger partial charge in [-0.2, -0.15) is 0 Å². The molecule has 0 unspecified atom stereocenters. The van der Waals surface area contributed by atoms with E-state index in [2.05, 4.69) is 15.9 Å². The van der Waals surface area contributed by atoms with Crippen molar-refractivity contribution in [2.45, 2.75) is 58.0 Å². The molecule has 2 aromatic carbocycles. The topological polar surface area (TPSA) is 93.1 Å². The van der Waals surface area contributed by atoms with Gasteiger partial charge in [0, 0.05) is 46.3 Å². The first-order valence-corrected chi connectivity index (χ1v) is 14.3. The summed E-state index contributed by atoms with van der Waals surface area (Å²) in [5.41, 5.74) is 4.19. The van der Waals surface area contributed by atoms with Crippen LogP contribution in [0, 0.1) is 0 Å². The quantitative estimate of drug-likeness (QED) is 0.359. The van der Waals surface area contributed by atoms with E-state index in [1.165, 1.54) is 0 Å². The van der Waals surface area contributed by atoms with E-state index in [0.29, 0.717) is 83.9 Å². The van der Waals surface area contributed by atoms with E-state index in [-0.39, 0.29) is 18.1 Å². The molecule has 0 saturated carbocycles. The summed E-state index contributed by atoms with van der Waals surface area (Å²) < 4.78 is 12.8. The number of allylic oxidation sites excluding steroid dienone is 4. The highest BCUT2D eigenvalue weighted by Crippen LogP contribution is 2.51. The van der Waals surface area contributed by atoms with Crippen LogP contribution < -0.4 is 9.47 Å². The molecular weight excluding hydrogens is 586 g/mol. The van der Waals surface area contributed by atoms with Gasteiger partial charge in [-0.3, -0.25) is 14.4 Å². The molecule has 204 valence electrons. The zero-order valence-electron chi connectivity index (χ0n) is 21.6. The molecule has 0 bridgehead atoms. The first kappa shape index (κ1) is 27.5. The first-order valence-electron chi connectivity index (χ1n) is 13.1. The van der Waals surface area contributed by atoms with Crippen molar-refractivity contribution < 1.29 is 29.0 Å². The molecule has 0 saturated heterocycles. The van der Waals surface area contributed by atoms with Crippen molar-refractivity contribution in [3.8, 4) is 11.5 Å². The first-order chi connectivity index (χ1) is 18.8. The van der Waals surface area contributed by atoms with E-state index in [0.717, 1.165) is 22.5 Å². The van der Waals surface area contributed by atoms with Crippen LogP contribution in [0.2, 0.25) is 5.02 Å². The molecule has 5 rings (SSSR count). The number of rotatable bonds is 8. The van der Waals surface area contributed by atoms with E-state index in [1.807, 2.05) is 31.2 Å². The lowest BCUT2D eigenvalue weighted by atomic mass is 9.71. The van der Waals surface area contributed by atoms with Gasteiger partial charge in [0.05, 0.1) is 11.1 Å². The number of halogens is 2. The van der Waals surface area contributed by atoms with Crippen LogP contribution in [-0.4, -0.2) is 40.7 Å². The SMILES string of the molecule is CCOc1cc(C2C3=C(CCCC3=O)N(CC(=O)O)C3=C2C(=O)CCC3)cc(Br)c1OCc1ccc(Cl)cc1. The van der Waals surface area contributed by atoms with Gasteiger partial charge in [-0.25, -0.2) is 0 Å². The van der Waals surface area contributed by atoms with Crippen molar-refractivity contribution in [2.24, 2.45) is 0 Å². The van der Waals surface area contributed by atoms with Gasteiger partial charge in [0.1, 0.15) is 13.2 Å². The highest BCUT2D eigenvalue weighted by Gasteiger charge is 2.44. The van der Waals surface area contributed by atoms with Crippen LogP contribution >= 0.6 is 27.5 Å². The summed E-state index contributed by atoms with van der Waals surface area (Å²) in [4.78, 5) is 40.4. The second-order valence-electron chi connectivity index (χ2n) is 9.87. The van der Waals surface area contributed by atoms with Crippen molar-refractivity contribution in [1.29, 1.82) is 0 Å². The minimum absolute atomic E-state index is 0.0429. The van der Waals surface area contributed by atoms with E-state index in [9.17, 15) is 19.5 Å². The van der Waals surface area contributed by atoms with Crippen LogP contribution in [0.5, 0.6) is 11.5 Å². The number of aliphatic carboxylic acids is 1. The molecule has 0 spiro atoms. The van der Waals surface area contributed by atoms with Crippen LogP contribution in [0.25, 0.3) is 0 Å². The zero-order valence-corrected chi connectivity index (χ0v) is 23.9. The molecule has 2 aliphatic carbocycles. The Bertz CT molecular complexity index is 1350. The number of ketones is 2. The molecule has 0 amide bonds. The van der Waals surface area contributed by atoms with E-state index in [1.54, 1.807) is 17.0 Å². The third kappa shape index (κ3) is 5.50. The Morgan fingerprint density at radius 2 is 1.62 bits per heavy atom. The van der Waals surface area contributed by atoms with Gasteiger partial charge in [0.15, 0.2) is 23.1 Å². The minimum atomic E-state index is -0.994. The van der Waals surface area contributed by atoms with Crippen LogP contribution in [0.15, 0.2) is 63.4 Å². The fraction of sp³-hybridized carbons (Fsp3) is 0.367. The highest BCUT2D eigenvalue weighted by molar-refractivity contribution is 9.10. The Hall–Kier alpha value is -3.10. The summed E-state index contributed by atoms with van der Waals surface area (Å²) in [6.07, 6.45) is 3.24. The van der Waals surface area contributed by atoms with Gasteiger partial charge in [0.25, 0.3) is 0 Å². The second-order valence-corrected chi connectivity index (χ2v) is 11.2. The average Bonchev–Trinajstić information content (AvgIpc) is 2.90. The number of hydrogen-bond donors (Lipinski definition) is 1. The normalized spacial score (nSPS) is 17.8. The molecule has 2 aromatic rings. The van der Waals surface area contributed by atoms with Gasteiger partial charge in [-0.1, -0.05) is 23.7 Å². The molecule has 9 heteroatoms. The fourth-order valence-electron chi connectivity index (χ4n) is 5.77. The number of carboxylic acids is 1. The average molecular weight is 615 g/mol. The Morgan fingerprint density at radius 1 is 1.00 bits per heavy atom. The van der Waals surface area contributed by atoms with Gasteiger partial charge in [0.2, 0.25) is 0 Å². The maximum absolute atomic E-state index is 13.4. The molecule has 39 heavy (non-hydrogen) atoms. The van der Waals surface area contributed by atoms with Crippen molar-refractivity contribution in [1.82, 2.24) is 4.90 Å². The Balaban J connectivity index is 1.61. The predicted octanol–water partition coefficient (Wildman–Crippen LogP) is 6.58. The summed E-state index contributed by atoms with van der Waals surface area (Å²) >= 11 is 9.66. The lowest BCUT2D eigenvalue weighted by Crippen LogP contribution is -2.41. The molecule has 0 fully saturated rings. The summed E-state index contributed by atoms with van der Waals surface area (Å²) in [5, 5.41) is 10.3. The smallest absolute Gasteiger partial charge is 0.323 e. The van der Waals surface area contributed by atoms with Crippen LogP contribution in [-0.2, 0) is 21.0 Å². The Kier molecular flexibility index (Phi) is 8.14. The molecule has 1 N–H and O–H groups in total. The molecule has 3 aliphatic rings. The third-order valence-corrected chi connectivity index (χ3v) is 8.18. The number of Topliss-reactive ketones (excluding diaryl/α,β-unsaturated/α-hetero) is 2. The summed E-state index contributed by atoms with van der Waals surface area (Å²) in [5.74, 6) is -0.641. The van der Waals surface area contributed by atoms with Crippen LogP contribution in [0.4, 0.5) is 0 Å². The maximum Gasteiger partial charge on any atom is 0.323 e. The minimum Gasteiger partial charge on any atom is -0.490 e. The number of hydrogen-bond acceptors (Lipinski definition) is 6. The monoisotopic (exact) mass is 613 g/mol. The summed E-state index contributed by atoms with van der Waals surface area (Å²) in [7, 11) is 0. The molecule has 1 aliphatic heterocycles. The van der Waals surface area contributed by atoms with Gasteiger partial charge < -0.3 is 19.5 Å². The van der Waals surface area contributed by atoms with E-state index >= 15 is 0 Å². The maximum atomic E-state index is 13.4. The number of benzene rings is 2. The second kappa shape index (κ2) is 11.6. The number of carbonyl (C=O) groups excluding carboxylic acids is 2. The van der Waals surface area contributed by atoms with Crippen molar-refractivity contribution in [3.63, 3.8) is 0 Å². The molecule has 1 heterocycles. The number of carboxylic acid groups (broad SMARTS) is 1. The van der Waals surface area contributed by atoms with Gasteiger partial charge in [-0.15, -0.1) is 0 Å². The summed E-state index contributed by atoms with van der Waals surface area (Å²) in [6, 6.07) is 11.1. The molecule has 0 atom stereocenters. The largest absolute Gasteiger partial charge is 0.490 e. The molecule has 0 radical (unpaired) electrons. The molecule has 0 aromatic heterocycles. The predicted molar refractivity (Wildman–Crippen MR) is 150 cm³/mol. The standard InChI is InChI=1S/C30H29BrClNO6/c1-2-38-25-14-18(13-20(31)30(25)39-16-17-9-11-19(32)12-10-17)27-28-21(5-3-7-23(28)34)33(15-26(36)37)22-6-4-8-24(35)29(22)27/h9-14,27H,2-8,15-16H2,1H3,(H,36,37). The Morgan fingerprint density at radius 3 is 2.18 bits per heavy atom. The van der Waals surface area contributed by atoms with Crippen LogP contribution in [0.3, 0.4) is 0 Å². The lowest BCUT2D eigenvalue weighted by Gasteiger charge is -2.43. The Labute approximate surface area is 240 Å². The third-order valence-electron chi connectivity index (χ3n) is 7.34. The van der Waals surface area contributed by atoms with E-state index < -0.39 is 11.9 Å². The highest BCUT2D eigenvalue weighted by atomic mass is 79.9.